The summed E-state index contributed by atoms with van der Waals surface area (Å²) in [6, 6.07) is 23.5. The van der Waals surface area contributed by atoms with Gasteiger partial charge in [0.05, 0.1) is 24.5 Å². The molecule has 134 valence electrons. The fourth-order valence-corrected chi connectivity index (χ4v) is 3.21. The maximum absolute atomic E-state index is 12.4. The van der Waals surface area contributed by atoms with Crippen LogP contribution in [-0.2, 0) is 4.79 Å². The summed E-state index contributed by atoms with van der Waals surface area (Å²) in [6.45, 7) is 1.53. The highest BCUT2D eigenvalue weighted by Gasteiger charge is 2.17. The van der Waals surface area contributed by atoms with Gasteiger partial charge in [0.2, 0.25) is 5.91 Å². The molecule has 0 aliphatic heterocycles. The molecule has 0 unspecified atom stereocenters. The first kappa shape index (κ1) is 16.8. The minimum absolute atomic E-state index is 0.117. The maximum Gasteiger partial charge on any atom is 0.244 e. The number of para-hydroxylation sites is 2. The van der Waals surface area contributed by atoms with E-state index in [4.69, 9.17) is 4.74 Å². The molecule has 5 nitrogen and oxygen atoms in total. The molecule has 1 heterocycles. The van der Waals surface area contributed by atoms with Crippen LogP contribution < -0.4 is 9.75 Å². The summed E-state index contributed by atoms with van der Waals surface area (Å²) in [5.74, 6) is 0.695. The summed E-state index contributed by atoms with van der Waals surface area (Å²) in [6.07, 6.45) is 1.76. The number of carbonyl (C=O) groups excluding carboxylic acids is 1. The number of methoxy groups -OCH3 is 1. The molecule has 3 aromatic carbocycles. The number of carbonyl (C=O) groups is 1. The Kier molecular flexibility index (Phi) is 4.34. The number of amides is 1. The molecule has 0 radical (unpaired) electrons. The zero-order chi connectivity index (χ0) is 18.8. The van der Waals surface area contributed by atoms with Crippen LogP contribution in [0.1, 0.15) is 6.92 Å². The van der Waals surface area contributed by atoms with Crippen LogP contribution in [0.2, 0.25) is 0 Å². The van der Waals surface area contributed by atoms with E-state index in [1.807, 2.05) is 72.8 Å². The molecule has 27 heavy (non-hydrogen) atoms. The summed E-state index contributed by atoms with van der Waals surface area (Å²) in [7, 11) is 1.66. The number of rotatable bonds is 4. The standard InChI is InChI=1S/C22H19N3O2/c1-16(26)24(25-21-9-5-3-7-18(21)15-23-25)19-13-11-17(12-14-19)20-8-4-6-10-22(20)27-2/h3-15H,1-2H3. The average molecular weight is 357 g/mol. The third-order valence-electron chi connectivity index (χ3n) is 4.48. The van der Waals surface area contributed by atoms with Crippen molar-refractivity contribution >= 4 is 22.5 Å². The molecule has 0 N–H and O–H groups in total. The minimum atomic E-state index is -0.117. The monoisotopic (exact) mass is 357 g/mol. The largest absolute Gasteiger partial charge is 0.496 e. The molecule has 0 saturated heterocycles. The van der Waals surface area contributed by atoms with E-state index in [0.29, 0.717) is 0 Å². The topological polar surface area (TPSA) is 47.4 Å². The SMILES string of the molecule is COc1ccccc1-c1ccc(N(C(C)=O)n2ncc3ccccc32)cc1. The lowest BCUT2D eigenvalue weighted by molar-refractivity contribution is -0.117. The number of aromatic nitrogens is 2. The lowest BCUT2D eigenvalue weighted by Crippen LogP contribution is -2.34. The predicted molar refractivity (Wildman–Crippen MR) is 107 cm³/mol. The van der Waals surface area contributed by atoms with Gasteiger partial charge in [0.15, 0.2) is 0 Å². The first-order valence-electron chi connectivity index (χ1n) is 8.66. The van der Waals surface area contributed by atoms with Gasteiger partial charge in [-0.25, -0.2) is 5.01 Å². The van der Waals surface area contributed by atoms with Crippen molar-refractivity contribution in [3.63, 3.8) is 0 Å². The maximum atomic E-state index is 12.4. The Balaban J connectivity index is 1.76. The number of fused-ring (bicyclic) bond motifs is 1. The van der Waals surface area contributed by atoms with Crippen molar-refractivity contribution in [3.05, 3.63) is 79.0 Å². The van der Waals surface area contributed by atoms with E-state index in [9.17, 15) is 4.79 Å². The molecule has 0 saturated carbocycles. The lowest BCUT2D eigenvalue weighted by atomic mass is 10.0. The molecule has 5 heteroatoms. The molecule has 0 aliphatic rings. The molecule has 0 aliphatic carbocycles. The van der Waals surface area contributed by atoms with Crippen molar-refractivity contribution in [2.45, 2.75) is 6.92 Å². The number of hydrogen-bond donors (Lipinski definition) is 0. The molecule has 4 rings (SSSR count). The number of hydrogen-bond acceptors (Lipinski definition) is 3. The molecule has 0 bridgehead atoms. The summed E-state index contributed by atoms with van der Waals surface area (Å²) in [5, 5.41) is 6.95. The fraction of sp³-hybridized carbons (Fsp3) is 0.0909. The first-order valence-corrected chi connectivity index (χ1v) is 8.66. The smallest absolute Gasteiger partial charge is 0.244 e. The Morgan fingerprint density at radius 1 is 0.963 bits per heavy atom. The Morgan fingerprint density at radius 2 is 1.67 bits per heavy atom. The number of benzene rings is 3. The fourth-order valence-electron chi connectivity index (χ4n) is 3.21. The van der Waals surface area contributed by atoms with Gasteiger partial charge in [0.25, 0.3) is 0 Å². The van der Waals surface area contributed by atoms with Crippen molar-refractivity contribution in [3.8, 4) is 16.9 Å². The molecule has 0 spiro atoms. The van der Waals surface area contributed by atoms with Crippen LogP contribution in [0.5, 0.6) is 5.75 Å². The molecule has 0 fully saturated rings. The molecule has 1 aromatic heterocycles. The molecular formula is C22H19N3O2. The van der Waals surface area contributed by atoms with Crippen molar-refractivity contribution < 1.29 is 9.53 Å². The van der Waals surface area contributed by atoms with E-state index >= 15 is 0 Å². The van der Waals surface area contributed by atoms with Crippen LogP contribution in [0.15, 0.2) is 79.0 Å². The van der Waals surface area contributed by atoms with Crippen LogP contribution in [0.4, 0.5) is 5.69 Å². The van der Waals surface area contributed by atoms with Gasteiger partial charge in [-0.1, -0.05) is 48.5 Å². The van der Waals surface area contributed by atoms with Crippen molar-refractivity contribution in [1.29, 1.82) is 0 Å². The van der Waals surface area contributed by atoms with Gasteiger partial charge in [0.1, 0.15) is 5.75 Å². The van der Waals surface area contributed by atoms with E-state index in [2.05, 4.69) is 5.10 Å². The summed E-state index contributed by atoms with van der Waals surface area (Å²) < 4.78 is 5.44. The number of ether oxygens (including phenoxy) is 1. The van der Waals surface area contributed by atoms with Crippen LogP contribution in [0.25, 0.3) is 22.0 Å². The van der Waals surface area contributed by atoms with Gasteiger partial charge in [-0.2, -0.15) is 9.89 Å². The van der Waals surface area contributed by atoms with E-state index in [-0.39, 0.29) is 5.91 Å². The summed E-state index contributed by atoms with van der Waals surface area (Å²) in [4.78, 5) is 14.0. The van der Waals surface area contributed by atoms with Crippen molar-refractivity contribution in [1.82, 2.24) is 9.89 Å². The van der Waals surface area contributed by atoms with E-state index < -0.39 is 0 Å². The van der Waals surface area contributed by atoms with Gasteiger partial charge >= 0.3 is 0 Å². The normalized spacial score (nSPS) is 10.7. The van der Waals surface area contributed by atoms with E-state index in [0.717, 1.165) is 33.5 Å². The predicted octanol–water partition coefficient (Wildman–Crippen LogP) is 4.53. The van der Waals surface area contributed by atoms with Crippen molar-refractivity contribution in [2.24, 2.45) is 0 Å². The van der Waals surface area contributed by atoms with E-state index in [1.165, 1.54) is 6.92 Å². The average Bonchev–Trinajstić information content (AvgIpc) is 3.12. The highest BCUT2D eigenvalue weighted by molar-refractivity contribution is 5.93. The van der Waals surface area contributed by atoms with Gasteiger partial charge < -0.3 is 4.74 Å². The minimum Gasteiger partial charge on any atom is -0.496 e. The quantitative estimate of drug-likeness (QED) is 0.539. The van der Waals surface area contributed by atoms with Gasteiger partial charge in [-0.05, 0) is 29.8 Å². The Bertz CT molecular complexity index is 1100. The number of anilines is 1. The number of nitrogens with zero attached hydrogens (tertiary/aromatic N) is 3. The van der Waals surface area contributed by atoms with E-state index in [1.54, 1.807) is 23.1 Å². The van der Waals surface area contributed by atoms with Crippen LogP contribution in [-0.4, -0.2) is 22.9 Å². The van der Waals surface area contributed by atoms with Gasteiger partial charge in [-0.15, -0.1) is 0 Å². The van der Waals surface area contributed by atoms with Crippen LogP contribution in [0, 0.1) is 0 Å². The molecule has 0 atom stereocenters. The summed E-state index contributed by atoms with van der Waals surface area (Å²) >= 11 is 0. The third kappa shape index (κ3) is 3.04. The molecule has 1 amide bonds. The van der Waals surface area contributed by atoms with Crippen molar-refractivity contribution in [2.75, 3.05) is 12.1 Å². The highest BCUT2D eigenvalue weighted by atomic mass is 16.5. The second-order valence-electron chi connectivity index (χ2n) is 6.17. The highest BCUT2D eigenvalue weighted by Crippen LogP contribution is 2.31. The van der Waals surface area contributed by atoms with Gasteiger partial charge in [0, 0.05) is 17.9 Å². The van der Waals surface area contributed by atoms with Crippen LogP contribution >= 0.6 is 0 Å². The zero-order valence-electron chi connectivity index (χ0n) is 15.2. The Labute approximate surface area is 157 Å². The van der Waals surface area contributed by atoms with Gasteiger partial charge in [-0.3, -0.25) is 4.79 Å². The second-order valence-corrected chi connectivity index (χ2v) is 6.17. The second kappa shape index (κ2) is 6.96. The Morgan fingerprint density at radius 3 is 2.41 bits per heavy atom. The first-order chi connectivity index (χ1) is 13.2. The molecular weight excluding hydrogens is 338 g/mol. The third-order valence-corrected chi connectivity index (χ3v) is 4.48. The lowest BCUT2D eigenvalue weighted by Gasteiger charge is -2.22. The molecule has 4 aromatic rings. The summed E-state index contributed by atoms with van der Waals surface area (Å²) in [5.41, 5.74) is 3.65. The Hall–Kier alpha value is -3.60. The van der Waals surface area contributed by atoms with Crippen LogP contribution in [0.3, 0.4) is 0 Å². The zero-order valence-corrected chi connectivity index (χ0v) is 15.2.